The first-order valence-corrected chi connectivity index (χ1v) is 9.76. The monoisotopic (exact) mass is 376 g/mol. The number of halogens is 1. The molecule has 1 aliphatic carbocycles. The molecule has 0 bridgehead atoms. The second-order valence-corrected chi connectivity index (χ2v) is 7.96. The van der Waals surface area contributed by atoms with Crippen LogP contribution in [0.15, 0.2) is 29.3 Å². The van der Waals surface area contributed by atoms with Gasteiger partial charge in [0.25, 0.3) is 0 Å². The van der Waals surface area contributed by atoms with E-state index in [1.54, 1.807) is 11.3 Å². The number of piperazine rings is 1. The van der Waals surface area contributed by atoms with Crippen LogP contribution in [0.1, 0.15) is 28.8 Å². The molecule has 0 unspecified atom stereocenters. The highest BCUT2D eigenvalue weighted by Gasteiger charge is 2.27. The van der Waals surface area contributed by atoms with Gasteiger partial charge < -0.3 is 15.5 Å². The lowest BCUT2D eigenvalue weighted by atomic mass is 10.2. The lowest BCUT2D eigenvalue weighted by Crippen LogP contribution is -2.51. The van der Waals surface area contributed by atoms with Crippen molar-refractivity contribution in [3.63, 3.8) is 0 Å². The van der Waals surface area contributed by atoms with Crippen LogP contribution < -0.4 is 10.6 Å². The van der Waals surface area contributed by atoms with Crippen molar-refractivity contribution in [3.05, 3.63) is 39.3 Å². The summed E-state index contributed by atoms with van der Waals surface area (Å²) >= 11 is 7.62. The second kappa shape index (κ2) is 7.17. The SMILES string of the molecule is NC(=NCc1nnc(C2CC2)s1)N1CCN(c2ccc(Cl)cc2)CC1. The molecular weight excluding hydrogens is 356 g/mol. The van der Waals surface area contributed by atoms with Crippen LogP contribution in [0.4, 0.5) is 5.69 Å². The fraction of sp³-hybridized carbons (Fsp3) is 0.471. The Bertz CT molecular complexity index is 747. The van der Waals surface area contributed by atoms with E-state index in [0.717, 1.165) is 41.2 Å². The Morgan fingerprint density at radius 2 is 1.88 bits per heavy atom. The molecule has 2 aromatic rings. The lowest BCUT2D eigenvalue weighted by molar-refractivity contribution is 0.380. The second-order valence-electron chi connectivity index (χ2n) is 6.43. The van der Waals surface area contributed by atoms with Crippen LogP contribution in [-0.4, -0.2) is 47.2 Å². The van der Waals surface area contributed by atoms with Gasteiger partial charge in [-0.3, -0.25) is 0 Å². The average molecular weight is 377 g/mol. The fourth-order valence-corrected chi connectivity index (χ4v) is 3.98. The highest BCUT2D eigenvalue weighted by Crippen LogP contribution is 2.41. The maximum atomic E-state index is 6.18. The van der Waals surface area contributed by atoms with E-state index < -0.39 is 0 Å². The van der Waals surface area contributed by atoms with E-state index in [1.165, 1.54) is 18.5 Å². The van der Waals surface area contributed by atoms with E-state index in [2.05, 4.69) is 37.1 Å². The van der Waals surface area contributed by atoms with Gasteiger partial charge in [-0.1, -0.05) is 22.9 Å². The quantitative estimate of drug-likeness (QED) is 0.656. The van der Waals surface area contributed by atoms with Gasteiger partial charge in [-0.2, -0.15) is 0 Å². The van der Waals surface area contributed by atoms with Gasteiger partial charge in [0.1, 0.15) is 10.0 Å². The van der Waals surface area contributed by atoms with Gasteiger partial charge >= 0.3 is 0 Å². The molecule has 1 saturated heterocycles. The maximum absolute atomic E-state index is 6.18. The molecule has 2 fully saturated rings. The van der Waals surface area contributed by atoms with E-state index in [-0.39, 0.29) is 0 Å². The van der Waals surface area contributed by atoms with Crippen LogP contribution in [0.25, 0.3) is 0 Å². The summed E-state index contributed by atoms with van der Waals surface area (Å²) < 4.78 is 0. The summed E-state index contributed by atoms with van der Waals surface area (Å²) in [7, 11) is 0. The van der Waals surface area contributed by atoms with E-state index in [9.17, 15) is 0 Å². The van der Waals surface area contributed by atoms with Gasteiger partial charge in [0, 0.05) is 42.8 Å². The Balaban J connectivity index is 1.30. The molecule has 6 nitrogen and oxygen atoms in total. The van der Waals surface area contributed by atoms with Crippen LogP contribution in [0.2, 0.25) is 5.02 Å². The third kappa shape index (κ3) is 4.04. The minimum atomic E-state index is 0.521. The van der Waals surface area contributed by atoms with Gasteiger partial charge in [-0.05, 0) is 37.1 Å². The Morgan fingerprint density at radius 1 is 1.16 bits per heavy atom. The molecule has 132 valence electrons. The summed E-state index contributed by atoms with van der Waals surface area (Å²) in [4.78, 5) is 8.99. The van der Waals surface area contributed by atoms with Crippen LogP contribution in [0.5, 0.6) is 0 Å². The standard InChI is InChI=1S/C17H21ClN6S/c18-13-3-5-14(6-4-13)23-7-9-24(10-8-23)17(19)20-11-15-21-22-16(25-15)12-1-2-12/h3-6,12H,1-2,7-11H2,(H2,19,20). The molecule has 2 N–H and O–H groups in total. The highest BCUT2D eigenvalue weighted by molar-refractivity contribution is 7.11. The molecule has 8 heteroatoms. The van der Waals surface area contributed by atoms with Crippen molar-refractivity contribution in [3.8, 4) is 0 Å². The third-order valence-corrected chi connectivity index (χ3v) is 5.90. The molecule has 1 aromatic heterocycles. The van der Waals surface area contributed by atoms with Crippen molar-refractivity contribution in [2.75, 3.05) is 31.1 Å². The van der Waals surface area contributed by atoms with Crippen LogP contribution >= 0.6 is 22.9 Å². The number of anilines is 1. The highest BCUT2D eigenvalue weighted by atomic mass is 35.5. The van der Waals surface area contributed by atoms with Crippen molar-refractivity contribution in [2.45, 2.75) is 25.3 Å². The zero-order valence-electron chi connectivity index (χ0n) is 13.9. The number of guanidine groups is 1. The number of nitrogens with zero attached hydrogens (tertiary/aromatic N) is 5. The smallest absolute Gasteiger partial charge is 0.191 e. The molecule has 1 saturated carbocycles. The summed E-state index contributed by atoms with van der Waals surface area (Å²) in [6, 6.07) is 7.97. The van der Waals surface area contributed by atoms with Gasteiger partial charge in [0.05, 0.1) is 6.54 Å². The summed E-state index contributed by atoms with van der Waals surface area (Å²) in [5.74, 6) is 1.24. The molecule has 0 atom stereocenters. The van der Waals surface area contributed by atoms with Crippen molar-refractivity contribution in [1.29, 1.82) is 0 Å². The number of nitrogens with two attached hydrogens (primary N) is 1. The molecule has 2 aliphatic rings. The first-order chi connectivity index (χ1) is 12.2. The van der Waals surface area contributed by atoms with Crippen LogP contribution in [-0.2, 0) is 6.54 Å². The minimum Gasteiger partial charge on any atom is -0.370 e. The number of aromatic nitrogens is 2. The number of hydrogen-bond acceptors (Lipinski definition) is 5. The van der Waals surface area contributed by atoms with E-state index in [1.807, 2.05) is 12.1 Å². The van der Waals surface area contributed by atoms with Gasteiger partial charge in [0.2, 0.25) is 0 Å². The van der Waals surface area contributed by atoms with Crippen LogP contribution in [0, 0.1) is 0 Å². The number of hydrogen-bond donors (Lipinski definition) is 1. The summed E-state index contributed by atoms with van der Waals surface area (Å²) in [5, 5.41) is 11.3. The summed E-state index contributed by atoms with van der Waals surface area (Å²) in [5.41, 5.74) is 7.37. The van der Waals surface area contributed by atoms with Crippen molar-refractivity contribution >= 4 is 34.6 Å². The Hall–Kier alpha value is -1.86. The van der Waals surface area contributed by atoms with Gasteiger partial charge in [-0.25, -0.2) is 4.99 Å². The Kier molecular flexibility index (Phi) is 4.76. The number of rotatable bonds is 4. The molecule has 25 heavy (non-hydrogen) atoms. The lowest BCUT2D eigenvalue weighted by Gasteiger charge is -2.36. The van der Waals surface area contributed by atoms with E-state index in [0.29, 0.717) is 18.4 Å². The van der Waals surface area contributed by atoms with Gasteiger partial charge in [-0.15, -0.1) is 10.2 Å². The van der Waals surface area contributed by atoms with Crippen LogP contribution in [0.3, 0.4) is 0 Å². The zero-order valence-corrected chi connectivity index (χ0v) is 15.5. The fourth-order valence-electron chi connectivity index (χ4n) is 2.92. The first-order valence-electron chi connectivity index (χ1n) is 8.57. The predicted molar refractivity (Wildman–Crippen MR) is 102 cm³/mol. The maximum Gasteiger partial charge on any atom is 0.191 e. The normalized spacial score (nSPS) is 18.7. The predicted octanol–water partition coefficient (Wildman–Crippen LogP) is 2.71. The summed E-state index contributed by atoms with van der Waals surface area (Å²) in [6.45, 7) is 4.08. The third-order valence-electron chi connectivity index (χ3n) is 4.58. The largest absolute Gasteiger partial charge is 0.370 e. The van der Waals surface area contributed by atoms with Crippen molar-refractivity contribution in [2.24, 2.45) is 10.7 Å². The van der Waals surface area contributed by atoms with Gasteiger partial charge in [0.15, 0.2) is 5.96 Å². The van der Waals surface area contributed by atoms with Crippen molar-refractivity contribution < 1.29 is 0 Å². The minimum absolute atomic E-state index is 0.521. The number of benzene rings is 1. The zero-order chi connectivity index (χ0) is 17.2. The molecule has 1 aliphatic heterocycles. The molecule has 4 rings (SSSR count). The molecule has 0 radical (unpaired) electrons. The molecule has 1 aromatic carbocycles. The molecular formula is C17H21ClN6S. The van der Waals surface area contributed by atoms with E-state index in [4.69, 9.17) is 17.3 Å². The molecule has 0 spiro atoms. The Morgan fingerprint density at radius 3 is 2.56 bits per heavy atom. The number of aliphatic imine (C=N–C) groups is 1. The topological polar surface area (TPSA) is 70.6 Å². The first kappa shape index (κ1) is 16.6. The average Bonchev–Trinajstić information content (AvgIpc) is 3.39. The molecule has 2 heterocycles. The summed E-state index contributed by atoms with van der Waals surface area (Å²) in [6.07, 6.45) is 2.50. The Labute approximate surface area is 156 Å². The van der Waals surface area contributed by atoms with Crippen molar-refractivity contribution in [1.82, 2.24) is 15.1 Å². The molecule has 0 amide bonds. The van der Waals surface area contributed by atoms with E-state index >= 15 is 0 Å².